The number of methoxy groups -OCH3 is 1. The summed E-state index contributed by atoms with van der Waals surface area (Å²) >= 11 is 0. The van der Waals surface area contributed by atoms with E-state index >= 15 is 0 Å². The highest BCUT2D eigenvalue weighted by molar-refractivity contribution is 5.91. The number of carbonyl (C=O) groups is 1. The summed E-state index contributed by atoms with van der Waals surface area (Å²) in [5.41, 5.74) is 3.31. The number of hydrogen-bond acceptors (Lipinski definition) is 4. The van der Waals surface area contributed by atoms with Crippen molar-refractivity contribution < 1.29 is 13.9 Å². The fourth-order valence-corrected chi connectivity index (χ4v) is 2.64. The van der Waals surface area contributed by atoms with Gasteiger partial charge in [0.1, 0.15) is 17.4 Å². The number of aromatic nitrogens is 1. The monoisotopic (exact) mass is 365 g/mol. The van der Waals surface area contributed by atoms with Gasteiger partial charge < -0.3 is 15.4 Å². The molecule has 0 saturated heterocycles. The van der Waals surface area contributed by atoms with Gasteiger partial charge in [-0.05, 0) is 54.4 Å². The lowest BCUT2D eigenvalue weighted by Crippen LogP contribution is -2.15. The largest absolute Gasteiger partial charge is 0.495 e. The summed E-state index contributed by atoms with van der Waals surface area (Å²) in [6.07, 6.45) is 1.71. The number of nitrogens with one attached hydrogen (secondary N) is 2. The van der Waals surface area contributed by atoms with Crippen LogP contribution in [0.2, 0.25) is 0 Å². The molecule has 2 N–H and O–H groups in total. The smallest absolute Gasteiger partial charge is 0.229 e. The molecule has 0 unspecified atom stereocenters. The third-order valence-electron chi connectivity index (χ3n) is 3.92. The zero-order valence-electron chi connectivity index (χ0n) is 15.1. The van der Waals surface area contributed by atoms with Crippen molar-refractivity contribution in [1.29, 1.82) is 0 Å². The third kappa shape index (κ3) is 5.04. The molecule has 1 aromatic heterocycles. The Hall–Kier alpha value is -3.41. The minimum absolute atomic E-state index is 0.0833. The zero-order valence-corrected chi connectivity index (χ0v) is 15.1. The molecule has 0 radical (unpaired) electrons. The van der Waals surface area contributed by atoms with Crippen molar-refractivity contribution in [1.82, 2.24) is 4.98 Å². The Balaban J connectivity index is 1.63. The Morgan fingerprint density at radius 3 is 2.70 bits per heavy atom. The highest BCUT2D eigenvalue weighted by Gasteiger charge is 2.07. The van der Waals surface area contributed by atoms with Crippen molar-refractivity contribution in [3.05, 3.63) is 77.7 Å². The summed E-state index contributed by atoms with van der Waals surface area (Å²) in [6, 6.07) is 15.3. The summed E-state index contributed by atoms with van der Waals surface area (Å²) in [5.74, 6) is 0.542. The van der Waals surface area contributed by atoms with E-state index in [0.717, 1.165) is 22.7 Å². The number of benzene rings is 2. The number of hydrogen-bond donors (Lipinski definition) is 2. The molecule has 0 aliphatic heterocycles. The molecule has 0 atom stereocenters. The van der Waals surface area contributed by atoms with E-state index in [4.69, 9.17) is 4.74 Å². The normalized spacial score (nSPS) is 10.3. The molecule has 0 saturated carbocycles. The van der Waals surface area contributed by atoms with Crippen LogP contribution in [0.1, 0.15) is 11.1 Å². The Bertz CT molecular complexity index is 942. The number of anilines is 3. The van der Waals surface area contributed by atoms with Crippen molar-refractivity contribution in [2.75, 3.05) is 17.7 Å². The Labute approximate surface area is 157 Å². The van der Waals surface area contributed by atoms with E-state index in [1.807, 2.05) is 31.2 Å². The fourth-order valence-electron chi connectivity index (χ4n) is 2.64. The first kappa shape index (κ1) is 18.4. The molecule has 27 heavy (non-hydrogen) atoms. The average molecular weight is 365 g/mol. The summed E-state index contributed by atoms with van der Waals surface area (Å²) in [4.78, 5) is 16.3. The minimum Gasteiger partial charge on any atom is -0.495 e. The molecular weight excluding hydrogens is 345 g/mol. The second-order valence-corrected chi connectivity index (χ2v) is 6.12. The average Bonchev–Trinajstić information content (AvgIpc) is 2.63. The highest BCUT2D eigenvalue weighted by Crippen LogP contribution is 2.28. The molecule has 138 valence electrons. The van der Waals surface area contributed by atoms with Crippen LogP contribution in [-0.2, 0) is 11.2 Å². The topological polar surface area (TPSA) is 63.2 Å². The van der Waals surface area contributed by atoms with E-state index in [-0.39, 0.29) is 18.1 Å². The molecule has 0 aliphatic carbocycles. The van der Waals surface area contributed by atoms with E-state index in [9.17, 15) is 9.18 Å². The van der Waals surface area contributed by atoms with Gasteiger partial charge >= 0.3 is 0 Å². The fraction of sp³-hybridized carbons (Fsp3) is 0.143. The molecule has 2 aromatic carbocycles. The van der Waals surface area contributed by atoms with Gasteiger partial charge in [-0.3, -0.25) is 4.79 Å². The molecule has 3 aromatic rings. The van der Waals surface area contributed by atoms with Crippen LogP contribution in [0.3, 0.4) is 0 Å². The van der Waals surface area contributed by atoms with Crippen molar-refractivity contribution in [2.24, 2.45) is 0 Å². The van der Waals surface area contributed by atoms with E-state index in [0.29, 0.717) is 11.4 Å². The molecule has 0 aliphatic rings. The van der Waals surface area contributed by atoms with Crippen molar-refractivity contribution in [3.8, 4) is 5.75 Å². The van der Waals surface area contributed by atoms with E-state index in [2.05, 4.69) is 15.6 Å². The summed E-state index contributed by atoms with van der Waals surface area (Å²) in [5, 5.41) is 5.96. The van der Waals surface area contributed by atoms with Gasteiger partial charge in [0.25, 0.3) is 0 Å². The van der Waals surface area contributed by atoms with Gasteiger partial charge in [0.05, 0.1) is 31.1 Å². The summed E-state index contributed by atoms with van der Waals surface area (Å²) in [7, 11) is 1.62. The number of halogens is 1. The minimum atomic E-state index is -0.361. The van der Waals surface area contributed by atoms with Crippen molar-refractivity contribution >= 4 is 23.1 Å². The molecule has 3 rings (SSSR count). The zero-order chi connectivity index (χ0) is 19.2. The van der Waals surface area contributed by atoms with Crippen LogP contribution in [0.25, 0.3) is 0 Å². The Kier molecular flexibility index (Phi) is 5.66. The molecule has 6 heteroatoms. The molecule has 0 spiro atoms. The number of aryl methyl sites for hydroxylation is 1. The van der Waals surface area contributed by atoms with Crippen LogP contribution < -0.4 is 15.4 Å². The van der Waals surface area contributed by atoms with Crippen LogP contribution in [0, 0.1) is 12.7 Å². The second-order valence-electron chi connectivity index (χ2n) is 6.12. The predicted octanol–water partition coefficient (Wildman–Crippen LogP) is 4.46. The van der Waals surface area contributed by atoms with E-state index in [1.54, 1.807) is 31.5 Å². The molecule has 0 bridgehead atoms. The highest BCUT2D eigenvalue weighted by atomic mass is 19.1. The maximum absolute atomic E-state index is 13.2. The lowest BCUT2D eigenvalue weighted by atomic mass is 10.1. The number of pyridine rings is 1. The van der Waals surface area contributed by atoms with Gasteiger partial charge in [-0.2, -0.15) is 0 Å². The van der Waals surface area contributed by atoms with Gasteiger partial charge in [-0.15, -0.1) is 0 Å². The molecule has 1 amide bonds. The van der Waals surface area contributed by atoms with Gasteiger partial charge in [0.2, 0.25) is 5.91 Å². The number of rotatable bonds is 6. The first-order valence-corrected chi connectivity index (χ1v) is 8.45. The first-order valence-electron chi connectivity index (χ1n) is 8.45. The SMILES string of the molecule is COc1ccc(C)cc1Nc1ccc(NC(=O)Cc2cccc(F)c2)nc1. The Morgan fingerprint density at radius 2 is 2.00 bits per heavy atom. The lowest BCUT2D eigenvalue weighted by Gasteiger charge is -2.12. The van der Waals surface area contributed by atoms with E-state index in [1.165, 1.54) is 12.1 Å². The third-order valence-corrected chi connectivity index (χ3v) is 3.92. The number of nitrogens with zero attached hydrogens (tertiary/aromatic N) is 1. The van der Waals surface area contributed by atoms with Crippen LogP contribution in [0.15, 0.2) is 60.8 Å². The maximum Gasteiger partial charge on any atom is 0.229 e. The molecule has 5 nitrogen and oxygen atoms in total. The van der Waals surface area contributed by atoms with E-state index < -0.39 is 0 Å². The predicted molar refractivity (Wildman–Crippen MR) is 104 cm³/mol. The van der Waals surface area contributed by atoms with Crippen molar-refractivity contribution in [2.45, 2.75) is 13.3 Å². The van der Waals surface area contributed by atoms with Gasteiger partial charge in [-0.1, -0.05) is 18.2 Å². The molecule has 0 fully saturated rings. The number of carbonyl (C=O) groups excluding carboxylic acids is 1. The lowest BCUT2D eigenvalue weighted by molar-refractivity contribution is -0.115. The van der Waals surface area contributed by atoms with Crippen LogP contribution in [0.4, 0.5) is 21.6 Å². The summed E-state index contributed by atoms with van der Waals surface area (Å²) in [6.45, 7) is 2.00. The quantitative estimate of drug-likeness (QED) is 0.677. The Morgan fingerprint density at radius 1 is 1.15 bits per heavy atom. The maximum atomic E-state index is 13.2. The van der Waals surface area contributed by atoms with Crippen LogP contribution in [0.5, 0.6) is 5.75 Å². The number of amides is 1. The number of ether oxygens (including phenoxy) is 1. The van der Waals surface area contributed by atoms with Gasteiger partial charge in [-0.25, -0.2) is 9.37 Å². The second kappa shape index (κ2) is 8.31. The van der Waals surface area contributed by atoms with Gasteiger partial charge in [0, 0.05) is 0 Å². The van der Waals surface area contributed by atoms with Gasteiger partial charge in [0.15, 0.2) is 0 Å². The summed E-state index contributed by atoms with van der Waals surface area (Å²) < 4.78 is 18.5. The van der Waals surface area contributed by atoms with Crippen LogP contribution >= 0.6 is 0 Å². The molecular formula is C21H20FN3O2. The van der Waals surface area contributed by atoms with Crippen LogP contribution in [-0.4, -0.2) is 18.0 Å². The molecule has 1 heterocycles. The first-order chi connectivity index (χ1) is 13.0. The van der Waals surface area contributed by atoms with Crippen molar-refractivity contribution in [3.63, 3.8) is 0 Å². The standard InChI is InChI=1S/C21H20FN3O2/c1-14-6-8-19(27-2)18(10-14)24-17-7-9-20(23-13-17)25-21(26)12-15-4-3-5-16(22)11-15/h3-11,13,24H,12H2,1-2H3,(H,23,25,26).